The molecule has 2 aromatic rings. The first kappa shape index (κ1) is 15.9. The van der Waals surface area contributed by atoms with E-state index in [2.05, 4.69) is 4.85 Å². The van der Waals surface area contributed by atoms with Crippen LogP contribution in [0.3, 0.4) is 0 Å². The first-order valence-electron chi connectivity index (χ1n) is 7.51. The predicted molar refractivity (Wildman–Crippen MR) is 80.2 cm³/mol. The fourth-order valence-electron chi connectivity index (χ4n) is 3.64. The summed E-state index contributed by atoms with van der Waals surface area (Å²) in [5.74, 6) is -4.26. The van der Waals surface area contributed by atoms with Crippen molar-refractivity contribution >= 4 is 5.69 Å². The molecular weight excluding hydrogens is 338 g/mol. The molecule has 25 heavy (non-hydrogen) atoms. The summed E-state index contributed by atoms with van der Waals surface area (Å²) in [7, 11) is 0. The number of hydrogen-bond donors (Lipinski definition) is 1. The quantitative estimate of drug-likeness (QED) is 0.614. The second-order valence-corrected chi connectivity index (χ2v) is 6.28. The van der Waals surface area contributed by atoms with Crippen LogP contribution in [0.1, 0.15) is 29.3 Å². The minimum Gasteiger partial charge on any atom is -0.458 e. The molecule has 2 unspecified atom stereocenters. The van der Waals surface area contributed by atoms with Gasteiger partial charge in [-0.15, -0.1) is 0 Å². The van der Waals surface area contributed by atoms with Crippen molar-refractivity contribution < 1.29 is 27.4 Å². The number of halogens is 4. The van der Waals surface area contributed by atoms with Crippen molar-refractivity contribution in [3.8, 4) is 11.5 Å². The number of ether oxygens (including phenoxy) is 1. The Bertz CT molecular complexity index is 937. The molecule has 0 saturated carbocycles. The van der Waals surface area contributed by atoms with Crippen LogP contribution in [0.25, 0.3) is 4.85 Å². The smallest absolute Gasteiger partial charge is 0.284 e. The molecule has 1 N–H and O–H groups in total. The Morgan fingerprint density at radius 3 is 2.72 bits per heavy atom. The van der Waals surface area contributed by atoms with Crippen LogP contribution in [-0.4, -0.2) is 11.0 Å². The van der Waals surface area contributed by atoms with Crippen molar-refractivity contribution in [3.63, 3.8) is 0 Å². The highest BCUT2D eigenvalue weighted by Gasteiger charge is 2.65. The van der Waals surface area contributed by atoms with Gasteiger partial charge in [0.25, 0.3) is 5.92 Å². The molecule has 0 saturated heterocycles. The van der Waals surface area contributed by atoms with Crippen molar-refractivity contribution in [1.29, 1.82) is 0 Å². The van der Waals surface area contributed by atoms with E-state index in [0.29, 0.717) is 0 Å². The molecule has 0 aliphatic heterocycles. The molecule has 7 heteroatoms. The molecule has 2 aliphatic rings. The van der Waals surface area contributed by atoms with E-state index in [-0.39, 0.29) is 33.9 Å². The van der Waals surface area contributed by atoms with Gasteiger partial charge >= 0.3 is 0 Å². The summed E-state index contributed by atoms with van der Waals surface area (Å²) in [5, 5.41) is 10.4. The first-order valence-corrected chi connectivity index (χ1v) is 7.51. The summed E-state index contributed by atoms with van der Waals surface area (Å²) in [6, 6.07) is 5.94. The molecule has 0 spiro atoms. The van der Waals surface area contributed by atoms with Crippen LogP contribution in [0.4, 0.5) is 23.2 Å². The summed E-state index contributed by atoms with van der Waals surface area (Å²) in [5.41, 5.74) is -2.65. The maximum Gasteiger partial charge on any atom is 0.284 e. The van der Waals surface area contributed by atoms with Crippen molar-refractivity contribution in [2.75, 3.05) is 0 Å². The highest BCUT2D eigenvalue weighted by molar-refractivity contribution is 5.58. The fourth-order valence-corrected chi connectivity index (χ4v) is 3.64. The molecule has 4 rings (SSSR count). The summed E-state index contributed by atoms with van der Waals surface area (Å²) in [6.45, 7) is 6.93. The Morgan fingerprint density at radius 2 is 2.00 bits per heavy atom. The van der Waals surface area contributed by atoms with E-state index in [9.17, 15) is 22.7 Å². The molecule has 2 aromatic carbocycles. The van der Waals surface area contributed by atoms with Crippen LogP contribution in [0.2, 0.25) is 0 Å². The minimum atomic E-state index is -3.52. The third kappa shape index (κ3) is 2.14. The van der Waals surface area contributed by atoms with Gasteiger partial charge in [0.2, 0.25) is 0 Å². The van der Waals surface area contributed by atoms with Crippen molar-refractivity contribution in [1.82, 2.24) is 0 Å². The Hall–Kier alpha value is -2.59. The zero-order valence-corrected chi connectivity index (χ0v) is 12.7. The second kappa shape index (κ2) is 4.96. The van der Waals surface area contributed by atoms with E-state index in [1.807, 2.05) is 0 Å². The van der Waals surface area contributed by atoms with Crippen molar-refractivity contribution in [2.24, 2.45) is 0 Å². The van der Waals surface area contributed by atoms with Gasteiger partial charge in [-0.1, -0.05) is 6.07 Å². The van der Waals surface area contributed by atoms with Crippen LogP contribution >= 0.6 is 0 Å². The Morgan fingerprint density at radius 1 is 1.24 bits per heavy atom. The zero-order chi connectivity index (χ0) is 18.0. The standard InChI is InChI=1S/C18H11F4NO2/c1-23-10-4-9(19)5-11(6-10)25-15-3-2-12-14(20)8-17(24)16(12)13(15)7-18(17,21)22/h2-6,14,24H,7-8H2. The molecule has 0 radical (unpaired) electrons. The third-order valence-electron chi connectivity index (χ3n) is 4.74. The zero-order valence-electron chi connectivity index (χ0n) is 12.7. The van der Waals surface area contributed by atoms with Gasteiger partial charge in [-0.25, -0.2) is 22.4 Å². The van der Waals surface area contributed by atoms with Gasteiger partial charge in [0.1, 0.15) is 23.5 Å². The maximum atomic E-state index is 14.3. The van der Waals surface area contributed by atoms with Gasteiger partial charge in [0, 0.05) is 30.0 Å². The predicted octanol–water partition coefficient (Wildman–Crippen LogP) is 4.96. The van der Waals surface area contributed by atoms with Gasteiger partial charge in [-0.3, -0.25) is 0 Å². The lowest BCUT2D eigenvalue weighted by atomic mass is 9.95. The van der Waals surface area contributed by atoms with Crippen molar-refractivity contribution in [2.45, 2.75) is 30.5 Å². The monoisotopic (exact) mass is 349 g/mol. The Balaban J connectivity index is 1.82. The van der Waals surface area contributed by atoms with Crippen LogP contribution in [0.5, 0.6) is 11.5 Å². The van der Waals surface area contributed by atoms with Gasteiger partial charge in [0.15, 0.2) is 11.3 Å². The normalized spacial score (nSPS) is 25.5. The van der Waals surface area contributed by atoms with E-state index in [1.165, 1.54) is 18.2 Å². The van der Waals surface area contributed by atoms with Crippen LogP contribution in [0.15, 0.2) is 30.3 Å². The van der Waals surface area contributed by atoms with E-state index in [0.717, 1.165) is 12.1 Å². The summed E-state index contributed by atoms with van der Waals surface area (Å²) >= 11 is 0. The van der Waals surface area contributed by atoms with E-state index >= 15 is 0 Å². The maximum absolute atomic E-state index is 14.3. The SMILES string of the molecule is [C-]#[N+]c1cc(F)cc(Oc2ccc3c4c2CC(F)(F)C4(O)CC3F)c1. The van der Waals surface area contributed by atoms with Gasteiger partial charge in [0.05, 0.1) is 6.57 Å². The highest BCUT2D eigenvalue weighted by atomic mass is 19.3. The van der Waals surface area contributed by atoms with E-state index in [4.69, 9.17) is 11.3 Å². The van der Waals surface area contributed by atoms with E-state index < -0.39 is 36.4 Å². The molecule has 128 valence electrons. The average molecular weight is 349 g/mol. The van der Waals surface area contributed by atoms with Crippen LogP contribution in [0, 0.1) is 12.4 Å². The molecule has 3 nitrogen and oxygen atoms in total. The topological polar surface area (TPSA) is 33.8 Å². The summed E-state index contributed by atoms with van der Waals surface area (Å²) < 4.78 is 61.7. The number of benzene rings is 2. The first-order chi connectivity index (χ1) is 11.7. The van der Waals surface area contributed by atoms with Crippen LogP contribution < -0.4 is 4.74 Å². The Labute approximate surface area is 140 Å². The third-order valence-corrected chi connectivity index (χ3v) is 4.74. The lowest BCUT2D eigenvalue weighted by Gasteiger charge is -2.26. The molecule has 2 aliphatic carbocycles. The Kier molecular flexibility index (Phi) is 3.16. The van der Waals surface area contributed by atoms with Crippen LogP contribution in [-0.2, 0) is 12.0 Å². The molecule has 0 heterocycles. The number of nitrogens with zero attached hydrogens (tertiary/aromatic N) is 1. The minimum absolute atomic E-state index is 0.00163. The molecule has 0 amide bonds. The largest absolute Gasteiger partial charge is 0.458 e. The number of hydrogen-bond acceptors (Lipinski definition) is 2. The van der Waals surface area contributed by atoms with Gasteiger partial charge in [-0.05, 0) is 23.8 Å². The highest BCUT2D eigenvalue weighted by Crippen LogP contribution is 2.61. The molecule has 0 aromatic heterocycles. The van der Waals surface area contributed by atoms with Gasteiger partial charge < -0.3 is 9.84 Å². The number of rotatable bonds is 2. The summed E-state index contributed by atoms with van der Waals surface area (Å²) in [6.07, 6.45) is -3.17. The number of alkyl halides is 3. The molecule has 0 bridgehead atoms. The average Bonchev–Trinajstić information content (AvgIpc) is 2.92. The van der Waals surface area contributed by atoms with Crippen molar-refractivity contribution in [3.05, 3.63) is 64.3 Å². The lowest BCUT2D eigenvalue weighted by Crippen LogP contribution is -2.40. The molecule has 0 fully saturated rings. The lowest BCUT2D eigenvalue weighted by molar-refractivity contribution is -0.178. The number of aliphatic hydroxyl groups is 1. The molecule has 2 atom stereocenters. The van der Waals surface area contributed by atoms with Gasteiger partial charge in [-0.2, -0.15) is 0 Å². The fraction of sp³-hybridized carbons (Fsp3) is 0.278. The molecular formula is C18H11F4NO2. The van der Waals surface area contributed by atoms with E-state index in [1.54, 1.807) is 0 Å². The summed E-state index contributed by atoms with van der Waals surface area (Å²) in [4.78, 5) is 3.11. The second-order valence-electron chi connectivity index (χ2n) is 6.28.